The molecule has 0 spiro atoms. The molecule has 130 valence electrons. The van der Waals surface area contributed by atoms with Crippen molar-refractivity contribution >= 4 is 17.3 Å². The molecule has 2 aliphatic rings. The third-order valence-corrected chi connectivity index (χ3v) is 5.04. The number of hydrogen-bond acceptors (Lipinski definition) is 3. The van der Waals surface area contributed by atoms with Crippen molar-refractivity contribution in [3.63, 3.8) is 0 Å². The summed E-state index contributed by atoms with van der Waals surface area (Å²) >= 11 is 0. The van der Waals surface area contributed by atoms with Gasteiger partial charge in [0.05, 0.1) is 12.1 Å². The smallest absolute Gasteiger partial charge is 0.246 e. The summed E-state index contributed by atoms with van der Waals surface area (Å²) in [6.07, 6.45) is 2.83. The first-order valence-electron chi connectivity index (χ1n) is 8.54. The minimum atomic E-state index is -1.10. The fourth-order valence-electron chi connectivity index (χ4n) is 3.65. The largest absolute Gasteiger partial charge is 0.378 e. The van der Waals surface area contributed by atoms with Crippen molar-refractivity contribution in [2.75, 3.05) is 36.4 Å². The number of rotatable bonds is 4. The van der Waals surface area contributed by atoms with Crippen LogP contribution in [0.3, 0.4) is 0 Å². The number of benzene rings is 1. The van der Waals surface area contributed by atoms with Crippen molar-refractivity contribution in [3.8, 4) is 0 Å². The molecule has 0 aliphatic carbocycles. The van der Waals surface area contributed by atoms with Crippen LogP contribution < -0.4 is 10.2 Å². The summed E-state index contributed by atoms with van der Waals surface area (Å²) in [5.41, 5.74) is 0.793. The van der Waals surface area contributed by atoms with Crippen LogP contribution in [0.5, 0.6) is 0 Å². The summed E-state index contributed by atoms with van der Waals surface area (Å²) < 4.78 is 14.1. The van der Waals surface area contributed by atoms with Gasteiger partial charge in [-0.05, 0) is 44.5 Å². The van der Waals surface area contributed by atoms with Gasteiger partial charge in [-0.3, -0.25) is 4.79 Å². The van der Waals surface area contributed by atoms with E-state index in [0.29, 0.717) is 19.5 Å². The lowest BCUT2D eigenvalue weighted by atomic mass is 10.0. The van der Waals surface area contributed by atoms with E-state index in [-0.39, 0.29) is 11.4 Å². The van der Waals surface area contributed by atoms with Gasteiger partial charge in [0.25, 0.3) is 0 Å². The molecule has 4 nitrogen and oxygen atoms in total. The van der Waals surface area contributed by atoms with Crippen LogP contribution in [0.15, 0.2) is 36.9 Å². The highest BCUT2D eigenvalue weighted by atomic mass is 19.1. The van der Waals surface area contributed by atoms with E-state index in [1.54, 1.807) is 6.92 Å². The molecule has 5 heteroatoms. The first kappa shape index (κ1) is 16.8. The molecule has 0 radical (unpaired) electrons. The zero-order chi connectivity index (χ0) is 17.4. The molecule has 2 saturated heterocycles. The van der Waals surface area contributed by atoms with Crippen molar-refractivity contribution in [1.29, 1.82) is 0 Å². The van der Waals surface area contributed by atoms with Gasteiger partial charge in [-0.1, -0.05) is 12.6 Å². The monoisotopic (exact) mass is 331 g/mol. The van der Waals surface area contributed by atoms with E-state index in [9.17, 15) is 9.18 Å². The van der Waals surface area contributed by atoms with Crippen LogP contribution >= 0.6 is 0 Å². The van der Waals surface area contributed by atoms with E-state index >= 15 is 0 Å². The SMILES string of the molecule is C=CC(=O)N1CCC(C)(Nc2cccc(N3CCC(C)(F)C3)c2)C1. The van der Waals surface area contributed by atoms with E-state index < -0.39 is 5.67 Å². The zero-order valence-electron chi connectivity index (χ0n) is 14.5. The number of alkyl halides is 1. The molecule has 1 N–H and O–H groups in total. The molecule has 1 aromatic carbocycles. The number of likely N-dealkylation sites (tertiary alicyclic amines) is 1. The Morgan fingerprint density at radius 1 is 1.29 bits per heavy atom. The highest BCUT2D eigenvalue weighted by Crippen LogP contribution is 2.32. The molecule has 0 saturated carbocycles. The minimum Gasteiger partial charge on any atom is -0.378 e. The lowest BCUT2D eigenvalue weighted by molar-refractivity contribution is -0.125. The Morgan fingerprint density at radius 2 is 2.08 bits per heavy atom. The van der Waals surface area contributed by atoms with Crippen molar-refractivity contribution in [1.82, 2.24) is 4.90 Å². The van der Waals surface area contributed by atoms with Crippen LogP contribution in [0, 0.1) is 0 Å². The summed E-state index contributed by atoms with van der Waals surface area (Å²) in [5.74, 6) is -0.0198. The van der Waals surface area contributed by atoms with Crippen LogP contribution in [-0.2, 0) is 4.79 Å². The summed E-state index contributed by atoms with van der Waals surface area (Å²) in [6, 6.07) is 8.12. The molecule has 24 heavy (non-hydrogen) atoms. The highest BCUT2D eigenvalue weighted by molar-refractivity contribution is 5.87. The molecule has 2 aliphatic heterocycles. The quantitative estimate of drug-likeness (QED) is 0.861. The Bertz CT molecular complexity index is 645. The van der Waals surface area contributed by atoms with Crippen molar-refractivity contribution < 1.29 is 9.18 Å². The van der Waals surface area contributed by atoms with E-state index in [4.69, 9.17) is 0 Å². The Labute approximate surface area is 143 Å². The van der Waals surface area contributed by atoms with Gasteiger partial charge in [-0.15, -0.1) is 0 Å². The second kappa shape index (κ2) is 6.11. The Morgan fingerprint density at radius 3 is 2.75 bits per heavy atom. The molecule has 2 unspecified atom stereocenters. The molecule has 0 aromatic heterocycles. The third kappa shape index (κ3) is 3.55. The zero-order valence-corrected chi connectivity index (χ0v) is 14.5. The summed E-state index contributed by atoms with van der Waals surface area (Å²) in [5, 5.41) is 3.56. The number of nitrogens with zero attached hydrogens (tertiary/aromatic N) is 2. The fourth-order valence-corrected chi connectivity index (χ4v) is 3.65. The molecule has 1 aromatic rings. The Hall–Kier alpha value is -2.04. The van der Waals surface area contributed by atoms with Crippen LogP contribution in [0.25, 0.3) is 0 Å². The van der Waals surface area contributed by atoms with E-state index in [1.807, 2.05) is 23.1 Å². The molecule has 2 fully saturated rings. The lowest BCUT2D eigenvalue weighted by Crippen LogP contribution is -2.39. The molecule has 2 atom stereocenters. The second-order valence-corrected chi connectivity index (χ2v) is 7.53. The van der Waals surface area contributed by atoms with E-state index in [1.165, 1.54) is 6.08 Å². The molecule has 2 heterocycles. The number of amides is 1. The Balaban J connectivity index is 1.69. The van der Waals surface area contributed by atoms with Crippen LogP contribution in [0.4, 0.5) is 15.8 Å². The topological polar surface area (TPSA) is 35.6 Å². The number of carbonyl (C=O) groups excluding carboxylic acids is 1. The van der Waals surface area contributed by atoms with Crippen LogP contribution in [-0.4, -0.2) is 48.2 Å². The number of nitrogens with one attached hydrogen (secondary N) is 1. The maximum absolute atomic E-state index is 14.1. The predicted molar refractivity (Wildman–Crippen MR) is 96.2 cm³/mol. The number of hydrogen-bond donors (Lipinski definition) is 1. The fraction of sp³-hybridized carbons (Fsp3) is 0.526. The number of carbonyl (C=O) groups is 1. The average Bonchev–Trinajstić information content (AvgIpc) is 3.09. The van der Waals surface area contributed by atoms with Crippen LogP contribution in [0.2, 0.25) is 0 Å². The maximum atomic E-state index is 14.1. The molecule has 1 amide bonds. The van der Waals surface area contributed by atoms with Gasteiger partial charge in [0, 0.05) is 37.4 Å². The summed E-state index contributed by atoms with van der Waals surface area (Å²) in [6.45, 7) is 9.94. The average molecular weight is 331 g/mol. The lowest BCUT2D eigenvalue weighted by Gasteiger charge is -2.28. The van der Waals surface area contributed by atoms with Gasteiger partial charge in [0.15, 0.2) is 0 Å². The van der Waals surface area contributed by atoms with Crippen molar-refractivity contribution in [2.24, 2.45) is 0 Å². The first-order chi connectivity index (χ1) is 11.3. The van der Waals surface area contributed by atoms with E-state index in [2.05, 4.69) is 29.8 Å². The normalized spacial score (nSPS) is 29.8. The van der Waals surface area contributed by atoms with Crippen LogP contribution in [0.1, 0.15) is 26.7 Å². The standard InChI is InChI=1S/C19H26FN3O/c1-4-17(24)23-11-9-19(3,14-23)21-15-6-5-7-16(12-15)22-10-8-18(2,20)13-22/h4-7,12,21H,1,8-11,13-14H2,2-3H3. The Kier molecular flexibility index (Phi) is 4.28. The van der Waals surface area contributed by atoms with E-state index in [0.717, 1.165) is 30.9 Å². The minimum absolute atomic E-state index is 0.0198. The highest BCUT2D eigenvalue weighted by Gasteiger charge is 2.36. The maximum Gasteiger partial charge on any atom is 0.246 e. The molecular weight excluding hydrogens is 305 g/mol. The molecular formula is C19H26FN3O. The predicted octanol–water partition coefficient (Wildman–Crippen LogP) is 3.21. The summed E-state index contributed by atoms with van der Waals surface area (Å²) in [7, 11) is 0. The van der Waals surface area contributed by atoms with Gasteiger partial charge < -0.3 is 15.1 Å². The van der Waals surface area contributed by atoms with Crippen molar-refractivity contribution in [3.05, 3.63) is 36.9 Å². The number of anilines is 2. The number of halogens is 1. The molecule has 3 rings (SSSR count). The van der Waals surface area contributed by atoms with Gasteiger partial charge in [0.1, 0.15) is 5.67 Å². The van der Waals surface area contributed by atoms with Gasteiger partial charge in [0.2, 0.25) is 5.91 Å². The van der Waals surface area contributed by atoms with Gasteiger partial charge >= 0.3 is 0 Å². The summed E-state index contributed by atoms with van der Waals surface area (Å²) in [4.78, 5) is 15.7. The van der Waals surface area contributed by atoms with Gasteiger partial charge in [-0.2, -0.15) is 0 Å². The van der Waals surface area contributed by atoms with Crippen molar-refractivity contribution in [2.45, 2.75) is 37.9 Å². The molecule has 0 bridgehead atoms. The van der Waals surface area contributed by atoms with Gasteiger partial charge in [-0.25, -0.2) is 4.39 Å². The first-order valence-corrected chi connectivity index (χ1v) is 8.54. The second-order valence-electron chi connectivity index (χ2n) is 7.53. The third-order valence-electron chi connectivity index (χ3n) is 5.04.